The summed E-state index contributed by atoms with van der Waals surface area (Å²) < 4.78 is 20.2. The van der Waals surface area contributed by atoms with Crippen molar-refractivity contribution in [1.29, 1.82) is 0 Å². The summed E-state index contributed by atoms with van der Waals surface area (Å²) in [5, 5.41) is 0.414. The molecule has 110 valence electrons. The SMILES string of the molecule is CC(=O)Oc1ccc2c(OC(C)=O)coc2c1OC(C)=O. The second-order valence-electron chi connectivity index (χ2n) is 4.15. The highest BCUT2D eigenvalue weighted by Gasteiger charge is 2.20. The molecule has 2 aromatic rings. The summed E-state index contributed by atoms with van der Waals surface area (Å²) in [6, 6.07) is 2.95. The Morgan fingerprint density at radius 1 is 0.857 bits per heavy atom. The van der Waals surface area contributed by atoms with Crippen LogP contribution >= 0.6 is 0 Å². The molecular formula is C14H12O7. The molecule has 0 aliphatic rings. The molecule has 1 aromatic heterocycles. The van der Waals surface area contributed by atoms with Gasteiger partial charge in [-0.15, -0.1) is 0 Å². The van der Waals surface area contributed by atoms with Gasteiger partial charge in [-0.25, -0.2) is 0 Å². The van der Waals surface area contributed by atoms with Crippen LogP contribution in [-0.2, 0) is 14.4 Å². The molecule has 0 amide bonds. The van der Waals surface area contributed by atoms with Gasteiger partial charge in [-0.05, 0) is 12.1 Å². The Bertz CT molecular complexity index is 726. The molecule has 0 saturated heterocycles. The predicted octanol–water partition coefficient (Wildman–Crippen LogP) is 2.21. The highest BCUT2D eigenvalue weighted by molar-refractivity contribution is 5.94. The monoisotopic (exact) mass is 292 g/mol. The average molecular weight is 292 g/mol. The molecule has 1 aromatic carbocycles. The fourth-order valence-corrected chi connectivity index (χ4v) is 1.74. The maximum atomic E-state index is 11.2. The Kier molecular flexibility index (Phi) is 3.93. The Labute approximate surface area is 119 Å². The molecule has 7 heteroatoms. The lowest BCUT2D eigenvalue weighted by Gasteiger charge is -2.08. The Hall–Kier alpha value is -2.83. The molecule has 7 nitrogen and oxygen atoms in total. The molecule has 0 N–H and O–H groups in total. The highest BCUT2D eigenvalue weighted by atomic mass is 16.6. The lowest BCUT2D eigenvalue weighted by Crippen LogP contribution is -2.07. The van der Waals surface area contributed by atoms with Gasteiger partial charge in [0.05, 0.1) is 5.39 Å². The number of esters is 3. The zero-order valence-corrected chi connectivity index (χ0v) is 11.6. The molecule has 0 unspecified atom stereocenters. The van der Waals surface area contributed by atoms with E-state index in [1.807, 2.05) is 0 Å². The van der Waals surface area contributed by atoms with Gasteiger partial charge in [0.2, 0.25) is 5.75 Å². The normalized spacial score (nSPS) is 10.2. The van der Waals surface area contributed by atoms with Crippen molar-refractivity contribution in [2.24, 2.45) is 0 Å². The third kappa shape index (κ3) is 3.19. The van der Waals surface area contributed by atoms with Crippen LogP contribution in [0.3, 0.4) is 0 Å². The van der Waals surface area contributed by atoms with Crippen molar-refractivity contribution in [3.63, 3.8) is 0 Å². The van der Waals surface area contributed by atoms with Gasteiger partial charge >= 0.3 is 17.9 Å². The number of carbonyl (C=O) groups excluding carboxylic acids is 3. The van der Waals surface area contributed by atoms with Crippen LogP contribution in [0.2, 0.25) is 0 Å². The molecule has 0 atom stereocenters. The lowest BCUT2D eigenvalue weighted by atomic mass is 10.2. The smallest absolute Gasteiger partial charge is 0.308 e. The number of ether oxygens (including phenoxy) is 3. The molecule has 0 aliphatic heterocycles. The van der Waals surface area contributed by atoms with Gasteiger partial charge < -0.3 is 18.6 Å². The zero-order valence-electron chi connectivity index (χ0n) is 11.6. The van der Waals surface area contributed by atoms with Crippen LogP contribution < -0.4 is 14.2 Å². The van der Waals surface area contributed by atoms with E-state index >= 15 is 0 Å². The van der Waals surface area contributed by atoms with Crippen molar-refractivity contribution < 1.29 is 33.0 Å². The van der Waals surface area contributed by atoms with Crippen molar-refractivity contribution in [2.75, 3.05) is 0 Å². The van der Waals surface area contributed by atoms with E-state index in [0.29, 0.717) is 5.39 Å². The Morgan fingerprint density at radius 2 is 1.43 bits per heavy atom. The van der Waals surface area contributed by atoms with Crippen LogP contribution in [0.1, 0.15) is 20.8 Å². The number of carbonyl (C=O) groups is 3. The maximum absolute atomic E-state index is 11.2. The van der Waals surface area contributed by atoms with Gasteiger partial charge in [0.15, 0.2) is 17.1 Å². The minimum Gasteiger partial charge on any atom is -0.456 e. The average Bonchev–Trinajstić information content (AvgIpc) is 2.74. The Balaban J connectivity index is 2.58. The van der Waals surface area contributed by atoms with E-state index in [0.717, 1.165) is 0 Å². The van der Waals surface area contributed by atoms with Gasteiger partial charge in [-0.3, -0.25) is 14.4 Å². The van der Waals surface area contributed by atoms with E-state index in [1.165, 1.54) is 39.2 Å². The molecular weight excluding hydrogens is 280 g/mol. The predicted molar refractivity (Wildman–Crippen MR) is 70.1 cm³/mol. The third-order valence-electron chi connectivity index (χ3n) is 2.38. The van der Waals surface area contributed by atoms with Crippen LogP contribution in [0, 0.1) is 0 Å². The molecule has 0 bridgehead atoms. The van der Waals surface area contributed by atoms with Gasteiger partial charge in [0, 0.05) is 20.8 Å². The van der Waals surface area contributed by atoms with Crippen LogP contribution in [-0.4, -0.2) is 17.9 Å². The van der Waals surface area contributed by atoms with Gasteiger partial charge in [-0.1, -0.05) is 0 Å². The first-order valence-corrected chi connectivity index (χ1v) is 5.98. The zero-order chi connectivity index (χ0) is 15.6. The Morgan fingerprint density at radius 3 is 2.00 bits per heavy atom. The van der Waals surface area contributed by atoms with E-state index in [-0.39, 0.29) is 22.8 Å². The summed E-state index contributed by atoms with van der Waals surface area (Å²) in [4.78, 5) is 33.3. The number of furan rings is 1. The highest BCUT2D eigenvalue weighted by Crippen LogP contribution is 2.41. The molecule has 0 radical (unpaired) electrons. The topological polar surface area (TPSA) is 92.0 Å². The maximum Gasteiger partial charge on any atom is 0.308 e. The lowest BCUT2D eigenvalue weighted by molar-refractivity contribution is -0.134. The summed E-state index contributed by atoms with van der Waals surface area (Å²) in [7, 11) is 0. The standard InChI is InChI=1S/C14H12O7/c1-7(15)19-11-5-4-10-12(20-8(2)16)6-18-13(10)14(11)21-9(3)17/h4-6H,1-3H3. The molecule has 0 saturated carbocycles. The van der Waals surface area contributed by atoms with Crippen molar-refractivity contribution >= 4 is 28.9 Å². The summed E-state index contributed by atoms with van der Waals surface area (Å²) in [5.74, 6) is -1.53. The molecule has 2 rings (SSSR count). The van der Waals surface area contributed by atoms with Crippen LogP contribution in [0.5, 0.6) is 17.2 Å². The minimum absolute atomic E-state index is 0.0360. The summed E-state index contributed by atoms with van der Waals surface area (Å²) in [5.41, 5.74) is 0.139. The number of hydrogen-bond donors (Lipinski definition) is 0. The van der Waals surface area contributed by atoms with Crippen LogP contribution in [0.4, 0.5) is 0 Å². The first-order valence-electron chi connectivity index (χ1n) is 5.98. The van der Waals surface area contributed by atoms with E-state index in [2.05, 4.69) is 0 Å². The number of rotatable bonds is 3. The van der Waals surface area contributed by atoms with E-state index < -0.39 is 17.9 Å². The number of benzene rings is 1. The summed E-state index contributed by atoms with van der Waals surface area (Å²) in [6.45, 7) is 3.67. The largest absolute Gasteiger partial charge is 0.456 e. The van der Waals surface area contributed by atoms with E-state index in [9.17, 15) is 14.4 Å². The fourth-order valence-electron chi connectivity index (χ4n) is 1.74. The molecule has 0 fully saturated rings. The van der Waals surface area contributed by atoms with Crippen LogP contribution in [0.25, 0.3) is 11.0 Å². The molecule has 0 aliphatic carbocycles. The van der Waals surface area contributed by atoms with Gasteiger partial charge in [0.1, 0.15) is 6.26 Å². The van der Waals surface area contributed by atoms with Gasteiger partial charge in [-0.2, -0.15) is 0 Å². The van der Waals surface area contributed by atoms with Crippen LogP contribution in [0.15, 0.2) is 22.8 Å². The summed E-state index contributed by atoms with van der Waals surface area (Å²) >= 11 is 0. The first-order chi connectivity index (χ1) is 9.88. The quantitative estimate of drug-likeness (QED) is 0.632. The van der Waals surface area contributed by atoms with Crippen molar-refractivity contribution in [2.45, 2.75) is 20.8 Å². The first kappa shape index (κ1) is 14.6. The van der Waals surface area contributed by atoms with Gasteiger partial charge in [0.25, 0.3) is 0 Å². The van der Waals surface area contributed by atoms with E-state index in [4.69, 9.17) is 18.6 Å². The van der Waals surface area contributed by atoms with Crippen molar-refractivity contribution in [3.05, 3.63) is 18.4 Å². The minimum atomic E-state index is -0.610. The number of hydrogen-bond acceptors (Lipinski definition) is 7. The second-order valence-corrected chi connectivity index (χ2v) is 4.15. The van der Waals surface area contributed by atoms with Crippen molar-refractivity contribution in [3.8, 4) is 17.2 Å². The fraction of sp³-hybridized carbons (Fsp3) is 0.214. The molecule has 0 spiro atoms. The van der Waals surface area contributed by atoms with Crippen molar-refractivity contribution in [1.82, 2.24) is 0 Å². The molecule has 1 heterocycles. The number of fused-ring (bicyclic) bond motifs is 1. The summed E-state index contributed by atoms with van der Waals surface area (Å²) in [6.07, 6.45) is 1.20. The second kappa shape index (κ2) is 5.66. The van der Waals surface area contributed by atoms with E-state index in [1.54, 1.807) is 0 Å². The molecule has 21 heavy (non-hydrogen) atoms. The third-order valence-corrected chi connectivity index (χ3v) is 2.38.